The molecule has 0 heterocycles. The van der Waals surface area contributed by atoms with E-state index in [1.165, 1.54) is 32.1 Å². The van der Waals surface area contributed by atoms with Crippen LogP contribution in [0.2, 0.25) is 0 Å². The highest BCUT2D eigenvalue weighted by atomic mass is 16.1. The minimum Gasteiger partial charge on any atom is -0.398 e. The van der Waals surface area contributed by atoms with Crippen LogP contribution in [0, 0.1) is 12.8 Å². The molecule has 20 heavy (non-hydrogen) atoms. The number of anilines is 1. The number of nitrogens with two attached hydrogens (primary N) is 1. The van der Waals surface area contributed by atoms with Gasteiger partial charge in [0, 0.05) is 17.3 Å². The first-order valence-corrected chi connectivity index (χ1v) is 7.79. The third kappa shape index (κ3) is 3.33. The first-order valence-electron chi connectivity index (χ1n) is 7.79. The Morgan fingerprint density at radius 1 is 1.35 bits per heavy atom. The summed E-state index contributed by atoms with van der Waals surface area (Å²) in [7, 11) is 0. The first-order chi connectivity index (χ1) is 9.63. The van der Waals surface area contributed by atoms with Crippen LogP contribution in [0.15, 0.2) is 18.2 Å². The molecule has 1 amide bonds. The molecule has 1 atom stereocenters. The fraction of sp³-hybridized carbons (Fsp3) is 0.588. The van der Waals surface area contributed by atoms with Crippen molar-refractivity contribution in [3.63, 3.8) is 0 Å². The molecule has 0 saturated heterocycles. The van der Waals surface area contributed by atoms with Gasteiger partial charge in [-0.25, -0.2) is 0 Å². The Hall–Kier alpha value is -1.51. The molecule has 1 aliphatic rings. The Morgan fingerprint density at radius 3 is 2.70 bits per heavy atom. The molecule has 3 N–H and O–H groups in total. The van der Waals surface area contributed by atoms with Gasteiger partial charge in [-0.15, -0.1) is 0 Å². The van der Waals surface area contributed by atoms with Gasteiger partial charge in [-0.05, 0) is 49.8 Å². The summed E-state index contributed by atoms with van der Waals surface area (Å²) in [6, 6.07) is 5.83. The van der Waals surface area contributed by atoms with Crippen molar-refractivity contribution in [1.82, 2.24) is 5.32 Å². The lowest BCUT2D eigenvalue weighted by atomic mass is 9.83. The van der Waals surface area contributed by atoms with E-state index >= 15 is 0 Å². The Labute approximate surface area is 121 Å². The number of nitrogen functional groups attached to an aromatic ring is 1. The highest BCUT2D eigenvalue weighted by Gasteiger charge is 2.24. The van der Waals surface area contributed by atoms with Crippen molar-refractivity contribution in [2.24, 2.45) is 5.92 Å². The van der Waals surface area contributed by atoms with Gasteiger partial charge < -0.3 is 11.1 Å². The summed E-state index contributed by atoms with van der Waals surface area (Å²) in [6.07, 6.45) is 7.43. The zero-order valence-corrected chi connectivity index (χ0v) is 12.6. The molecule has 0 aromatic heterocycles. The molecule has 0 radical (unpaired) electrons. The van der Waals surface area contributed by atoms with Crippen LogP contribution in [0.1, 0.15) is 61.4 Å². The van der Waals surface area contributed by atoms with Crippen LogP contribution >= 0.6 is 0 Å². The smallest absolute Gasteiger partial charge is 0.251 e. The minimum absolute atomic E-state index is 0.0206. The van der Waals surface area contributed by atoms with Crippen molar-refractivity contribution in [2.75, 3.05) is 5.73 Å². The van der Waals surface area contributed by atoms with Gasteiger partial charge in [-0.1, -0.05) is 32.3 Å². The molecular formula is C17H26N2O. The average Bonchev–Trinajstić information content (AvgIpc) is 2.48. The van der Waals surface area contributed by atoms with Crippen molar-refractivity contribution in [3.05, 3.63) is 29.3 Å². The normalized spacial score (nSPS) is 17.7. The summed E-state index contributed by atoms with van der Waals surface area (Å²) in [6.45, 7) is 4.07. The Kier molecular flexibility index (Phi) is 5.05. The van der Waals surface area contributed by atoms with Crippen molar-refractivity contribution in [3.8, 4) is 0 Å². The molecule has 0 spiro atoms. The highest BCUT2D eigenvalue weighted by molar-refractivity contribution is 5.97. The predicted molar refractivity (Wildman–Crippen MR) is 83.7 cm³/mol. The zero-order chi connectivity index (χ0) is 14.5. The number of hydrogen-bond acceptors (Lipinski definition) is 2. The number of carbonyl (C=O) groups is 1. The van der Waals surface area contributed by atoms with E-state index in [2.05, 4.69) is 12.2 Å². The van der Waals surface area contributed by atoms with Crippen LogP contribution in [0.25, 0.3) is 0 Å². The largest absolute Gasteiger partial charge is 0.398 e. The summed E-state index contributed by atoms with van der Waals surface area (Å²) in [5, 5.41) is 3.23. The lowest BCUT2D eigenvalue weighted by Gasteiger charge is -2.30. The van der Waals surface area contributed by atoms with Crippen LogP contribution in [0.5, 0.6) is 0 Å². The summed E-state index contributed by atoms with van der Waals surface area (Å²) in [4.78, 5) is 12.5. The zero-order valence-electron chi connectivity index (χ0n) is 12.6. The van der Waals surface area contributed by atoms with Gasteiger partial charge in [0.2, 0.25) is 0 Å². The van der Waals surface area contributed by atoms with E-state index in [1.54, 1.807) is 0 Å². The second-order valence-electron chi connectivity index (χ2n) is 5.91. The Morgan fingerprint density at radius 2 is 2.05 bits per heavy atom. The maximum atomic E-state index is 12.5. The van der Waals surface area contributed by atoms with Crippen molar-refractivity contribution in [1.29, 1.82) is 0 Å². The fourth-order valence-electron chi connectivity index (χ4n) is 3.24. The standard InChI is InChI=1S/C17H26N2O/c1-3-16(13-8-5-4-6-9-13)19-17(20)14-10-7-11-15(18)12(14)2/h7,10-11,13,16H,3-6,8-9,18H2,1-2H3,(H,19,20). The quantitative estimate of drug-likeness (QED) is 0.823. The van der Waals surface area contributed by atoms with Gasteiger partial charge in [0.05, 0.1) is 0 Å². The second kappa shape index (κ2) is 6.78. The van der Waals surface area contributed by atoms with E-state index in [4.69, 9.17) is 5.73 Å². The van der Waals surface area contributed by atoms with Crippen LogP contribution in [0.3, 0.4) is 0 Å². The Balaban J connectivity index is 2.06. The molecular weight excluding hydrogens is 248 g/mol. The van der Waals surface area contributed by atoms with Crippen molar-refractivity contribution >= 4 is 11.6 Å². The van der Waals surface area contributed by atoms with E-state index in [1.807, 2.05) is 25.1 Å². The average molecular weight is 274 g/mol. The van der Waals surface area contributed by atoms with Gasteiger partial charge >= 0.3 is 0 Å². The second-order valence-corrected chi connectivity index (χ2v) is 5.91. The summed E-state index contributed by atoms with van der Waals surface area (Å²) >= 11 is 0. The fourth-order valence-corrected chi connectivity index (χ4v) is 3.24. The monoisotopic (exact) mass is 274 g/mol. The third-order valence-corrected chi connectivity index (χ3v) is 4.60. The SMILES string of the molecule is CCC(NC(=O)c1cccc(N)c1C)C1CCCCC1. The molecule has 2 rings (SSSR count). The number of benzene rings is 1. The third-order valence-electron chi connectivity index (χ3n) is 4.60. The summed E-state index contributed by atoms with van der Waals surface area (Å²) < 4.78 is 0. The molecule has 1 aliphatic carbocycles. The number of rotatable bonds is 4. The van der Waals surface area contributed by atoms with Gasteiger partial charge in [0.15, 0.2) is 0 Å². The molecule has 1 unspecified atom stereocenters. The van der Waals surface area contributed by atoms with Gasteiger partial charge in [0.25, 0.3) is 5.91 Å². The molecule has 1 aromatic carbocycles. The molecule has 1 fully saturated rings. The van der Waals surface area contributed by atoms with Crippen LogP contribution in [0.4, 0.5) is 5.69 Å². The van der Waals surface area contributed by atoms with Gasteiger partial charge in [-0.3, -0.25) is 4.79 Å². The molecule has 3 heteroatoms. The van der Waals surface area contributed by atoms with Crippen LogP contribution < -0.4 is 11.1 Å². The van der Waals surface area contributed by atoms with E-state index in [0.717, 1.165) is 12.0 Å². The van der Waals surface area contributed by atoms with E-state index in [9.17, 15) is 4.79 Å². The van der Waals surface area contributed by atoms with E-state index in [0.29, 0.717) is 23.2 Å². The van der Waals surface area contributed by atoms with Gasteiger partial charge in [-0.2, -0.15) is 0 Å². The summed E-state index contributed by atoms with van der Waals surface area (Å²) in [5.74, 6) is 0.659. The number of nitrogens with one attached hydrogen (secondary N) is 1. The van der Waals surface area contributed by atoms with Gasteiger partial charge in [0.1, 0.15) is 0 Å². The lowest BCUT2D eigenvalue weighted by molar-refractivity contribution is 0.0910. The summed E-state index contributed by atoms with van der Waals surface area (Å²) in [5.41, 5.74) is 8.15. The molecule has 0 aliphatic heterocycles. The van der Waals surface area contributed by atoms with E-state index < -0.39 is 0 Å². The highest BCUT2D eigenvalue weighted by Crippen LogP contribution is 2.28. The maximum absolute atomic E-state index is 12.5. The molecule has 3 nitrogen and oxygen atoms in total. The van der Waals surface area contributed by atoms with Crippen molar-refractivity contribution < 1.29 is 4.79 Å². The number of carbonyl (C=O) groups excluding carboxylic acids is 1. The lowest BCUT2D eigenvalue weighted by Crippen LogP contribution is -2.40. The molecule has 1 saturated carbocycles. The topological polar surface area (TPSA) is 55.1 Å². The minimum atomic E-state index is 0.0206. The first kappa shape index (κ1) is 14.9. The molecule has 110 valence electrons. The molecule has 1 aromatic rings. The maximum Gasteiger partial charge on any atom is 0.251 e. The van der Waals surface area contributed by atoms with E-state index in [-0.39, 0.29) is 5.91 Å². The van der Waals surface area contributed by atoms with Crippen molar-refractivity contribution in [2.45, 2.75) is 58.4 Å². The number of amides is 1. The van der Waals surface area contributed by atoms with Crippen LogP contribution in [-0.2, 0) is 0 Å². The predicted octanol–water partition coefficient (Wildman–Crippen LogP) is 3.67. The Bertz CT molecular complexity index is 464. The number of hydrogen-bond donors (Lipinski definition) is 2. The van der Waals surface area contributed by atoms with Crippen LogP contribution in [-0.4, -0.2) is 11.9 Å². The molecule has 0 bridgehead atoms.